The van der Waals surface area contributed by atoms with E-state index in [0.29, 0.717) is 12.1 Å². The van der Waals surface area contributed by atoms with Crippen LogP contribution in [0.2, 0.25) is 0 Å². The highest BCUT2D eigenvalue weighted by Gasteiger charge is 2.32. The summed E-state index contributed by atoms with van der Waals surface area (Å²) < 4.78 is 2.44. The van der Waals surface area contributed by atoms with E-state index >= 15 is 0 Å². The smallest absolute Gasteiger partial charge is 0.111 e. The summed E-state index contributed by atoms with van der Waals surface area (Å²) in [5.41, 5.74) is 8.69. The van der Waals surface area contributed by atoms with Crippen molar-refractivity contribution in [3.05, 3.63) is 30.1 Å². The third-order valence-electron chi connectivity index (χ3n) is 4.23. The molecule has 0 aliphatic heterocycles. The van der Waals surface area contributed by atoms with E-state index in [0.717, 1.165) is 17.9 Å². The Labute approximate surface area is 107 Å². The zero-order chi connectivity index (χ0) is 12.1. The molecule has 4 rings (SSSR count). The van der Waals surface area contributed by atoms with Crippen LogP contribution in [0.3, 0.4) is 0 Å². The fourth-order valence-corrected chi connectivity index (χ4v) is 2.88. The van der Waals surface area contributed by atoms with E-state index in [-0.39, 0.29) is 0 Å². The summed E-state index contributed by atoms with van der Waals surface area (Å²) in [4.78, 5) is 4.81. The predicted octanol–water partition coefficient (Wildman–Crippen LogP) is 2.65. The number of hydrogen-bond acceptors (Lipinski definition) is 2. The maximum absolute atomic E-state index is 6.27. The van der Waals surface area contributed by atoms with Crippen LogP contribution in [-0.2, 0) is 6.42 Å². The molecule has 1 aromatic carbocycles. The van der Waals surface area contributed by atoms with E-state index in [1.165, 1.54) is 37.0 Å². The molecule has 2 saturated carbocycles. The lowest BCUT2D eigenvalue weighted by molar-refractivity contribution is 0.554. The topological polar surface area (TPSA) is 43.8 Å². The molecule has 1 unspecified atom stereocenters. The minimum absolute atomic E-state index is 0.305. The van der Waals surface area contributed by atoms with E-state index < -0.39 is 0 Å². The molecular weight excluding hydrogens is 222 g/mol. The van der Waals surface area contributed by atoms with Crippen molar-refractivity contribution in [2.45, 2.75) is 44.2 Å². The first kappa shape index (κ1) is 10.6. The standard InChI is InChI=1S/C15H19N3/c16-12(10-5-6-10)9-15-17-13-3-1-2-4-14(13)18(15)11-7-8-11/h1-4,10-12H,5-9,16H2. The molecule has 2 aromatic rings. The fraction of sp³-hybridized carbons (Fsp3) is 0.533. The third kappa shape index (κ3) is 1.74. The van der Waals surface area contributed by atoms with Crippen LogP contribution < -0.4 is 5.73 Å². The van der Waals surface area contributed by atoms with Gasteiger partial charge in [0.2, 0.25) is 0 Å². The van der Waals surface area contributed by atoms with Gasteiger partial charge in [0.05, 0.1) is 11.0 Å². The Morgan fingerprint density at radius 2 is 2.00 bits per heavy atom. The summed E-state index contributed by atoms with van der Waals surface area (Å²) in [7, 11) is 0. The van der Waals surface area contributed by atoms with Crippen LogP contribution in [0.4, 0.5) is 0 Å². The van der Waals surface area contributed by atoms with Gasteiger partial charge in [0, 0.05) is 18.5 Å². The van der Waals surface area contributed by atoms with Crippen LogP contribution >= 0.6 is 0 Å². The van der Waals surface area contributed by atoms with E-state index in [9.17, 15) is 0 Å². The van der Waals surface area contributed by atoms with Gasteiger partial charge in [0.15, 0.2) is 0 Å². The van der Waals surface area contributed by atoms with Crippen molar-refractivity contribution < 1.29 is 0 Å². The average Bonchev–Trinajstić information content (AvgIpc) is 3.24. The summed E-state index contributed by atoms with van der Waals surface area (Å²) >= 11 is 0. The second-order valence-electron chi connectivity index (χ2n) is 5.82. The van der Waals surface area contributed by atoms with Crippen molar-refractivity contribution in [3.8, 4) is 0 Å². The number of benzene rings is 1. The Kier molecular flexibility index (Phi) is 2.24. The van der Waals surface area contributed by atoms with Crippen LogP contribution in [-0.4, -0.2) is 15.6 Å². The second-order valence-corrected chi connectivity index (χ2v) is 5.82. The van der Waals surface area contributed by atoms with E-state index in [2.05, 4.69) is 28.8 Å². The first-order valence-corrected chi connectivity index (χ1v) is 7.04. The van der Waals surface area contributed by atoms with E-state index in [1.807, 2.05) is 0 Å². The molecule has 0 radical (unpaired) electrons. The molecule has 0 amide bonds. The SMILES string of the molecule is NC(Cc1nc2ccccc2n1C1CC1)C1CC1. The summed E-state index contributed by atoms with van der Waals surface area (Å²) in [6, 6.07) is 9.45. The van der Waals surface area contributed by atoms with Crippen LogP contribution in [0.25, 0.3) is 11.0 Å². The maximum atomic E-state index is 6.27. The molecule has 2 N–H and O–H groups in total. The van der Waals surface area contributed by atoms with Crippen LogP contribution in [0.1, 0.15) is 37.5 Å². The van der Waals surface area contributed by atoms with Gasteiger partial charge in [-0.05, 0) is 43.7 Å². The van der Waals surface area contributed by atoms with Gasteiger partial charge in [-0.2, -0.15) is 0 Å². The number of fused-ring (bicyclic) bond motifs is 1. The molecule has 3 heteroatoms. The Hall–Kier alpha value is -1.35. The minimum atomic E-state index is 0.305. The average molecular weight is 241 g/mol. The molecule has 2 fully saturated rings. The molecule has 1 aromatic heterocycles. The molecule has 1 heterocycles. The normalized spacial score (nSPS) is 21.4. The van der Waals surface area contributed by atoms with Gasteiger partial charge >= 0.3 is 0 Å². The second kappa shape index (κ2) is 3.82. The molecule has 18 heavy (non-hydrogen) atoms. The summed E-state index contributed by atoms with van der Waals surface area (Å²) in [6.45, 7) is 0. The van der Waals surface area contributed by atoms with Crippen LogP contribution in [0, 0.1) is 5.92 Å². The predicted molar refractivity (Wildman–Crippen MR) is 72.4 cm³/mol. The van der Waals surface area contributed by atoms with Crippen molar-refractivity contribution in [3.63, 3.8) is 0 Å². The van der Waals surface area contributed by atoms with Crippen molar-refractivity contribution in [2.75, 3.05) is 0 Å². The highest BCUT2D eigenvalue weighted by molar-refractivity contribution is 5.76. The first-order chi connectivity index (χ1) is 8.83. The van der Waals surface area contributed by atoms with Crippen molar-refractivity contribution >= 4 is 11.0 Å². The van der Waals surface area contributed by atoms with Gasteiger partial charge in [0.1, 0.15) is 5.82 Å². The molecular formula is C15H19N3. The van der Waals surface area contributed by atoms with Gasteiger partial charge in [-0.25, -0.2) is 4.98 Å². The van der Waals surface area contributed by atoms with Gasteiger partial charge in [-0.15, -0.1) is 0 Å². The van der Waals surface area contributed by atoms with Gasteiger partial charge in [0.25, 0.3) is 0 Å². The molecule has 0 bridgehead atoms. The van der Waals surface area contributed by atoms with Gasteiger partial charge in [-0.1, -0.05) is 12.1 Å². The largest absolute Gasteiger partial charge is 0.327 e. The monoisotopic (exact) mass is 241 g/mol. The Bertz CT molecular complexity index is 578. The molecule has 2 aliphatic carbocycles. The highest BCUT2D eigenvalue weighted by Crippen LogP contribution is 2.40. The lowest BCUT2D eigenvalue weighted by atomic mass is 10.1. The number of rotatable bonds is 4. The summed E-state index contributed by atoms with van der Waals surface area (Å²) in [5, 5.41) is 0. The Balaban J connectivity index is 1.75. The molecule has 94 valence electrons. The van der Waals surface area contributed by atoms with Gasteiger partial charge < -0.3 is 10.3 Å². The summed E-state index contributed by atoms with van der Waals surface area (Å²) in [6.07, 6.45) is 6.16. The molecule has 0 spiro atoms. The highest BCUT2D eigenvalue weighted by atomic mass is 15.1. The van der Waals surface area contributed by atoms with E-state index in [4.69, 9.17) is 10.7 Å². The minimum Gasteiger partial charge on any atom is -0.327 e. The van der Waals surface area contributed by atoms with E-state index in [1.54, 1.807) is 0 Å². The zero-order valence-electron chi connectivity index (χ0n) is 10.5. The number of nitrogens with two attached hydrogens (primary N) is 1. The maximum Gasteiger partial charge on any atom is 0.111 e. The first-order valence-electron chi connectivity index (χ1n) is 7.04. The van der Waals surface area contributed by atoms with Crippen LogP contribution in [0.5, 0.6) is 0 Å². The number of para-hydroxylation sites is 2. The molecule has 2 aliphatic rings. The molecule has 1 atom stereocenters. The zero-order valence-corrected chi connectivity index (χ0v) is 10.5. The lowest BCUT2D eigenvalue weighted by Gasteiger charge is -2.12. The third-order valence-corrected chi connectivity index (χ3v) is 4.23. The number of hydrogen-bond donors (Lipinski definition) is 1. The van der Waals surface area contributed by atoms with Gasteiger partial charge in [-0.3, -0.25) is 0 Å². The fourth-order valence-electron chi connectivity index (χ4n) is 2.88. The lowest BCUT2D eigenvalue weighted by Crippen LogP contribution is -2.26. The molecule has 0 saturated heterocycles. The van der Waals surface area contributed by atoms with Crippen molar-refractivity contribution in [1.82, 2.24) is 9.55 Å². The van der Waals surface area contributed by atoms with Crippen LogP contribution in [0.15, 0.2) is 24.3 Å². The number of imidazole rings is 1. The number of nitrogens with zero attached hydrogens (tertiary/aromatic N) is 2. The molecule has 3 nitrogen and oxygen atoms in total. The Morgan fingerprint density at radius 1 is 1.22 bits per heavy atom. The quantitative estimate of drug-likeness (QED) is 0.894. The van der Waals surface area contributed by atoms with Crippen molar-refractivity contribution in [2.24, 2.45) is 11.7 Å². The van der Waals surface area contributed by atoms with Crippen molar-refractivity contribution in [1.29, 1.82) is 0 Å². The number of aromatic nitrogens is 2. The summed E-state index contributed by atoms with van der Waals surface area (Å²) in [5.74, 6) is 1.95. The Morgan fingerprint density at radius 3 is 2.72 bits per heavy atom.